The third-order valence-electron chi connectivity index (χ3n) is 2.88. The summed E-state index contributed by atoms with van der Waals surface area (Å²) in [5, 5.41) is 6.22. The van der Waals surface area contributed by atoms with Crippen molar-refractivity contribution in [1.29, 1.82) is 0 Å². The van der Waals surface area contributed by atoms with Gasteiger partial charge >= 0.3 is 0 Å². The fourth-order valence-corrected chi connectivity index (χ4v) is 1.72. The fraction of sp³-hybridized carbons (Fsp3) is 0.900. The summed E-state index contributed by atoms with van der Waals surface area (Å²) in [6.07, 6.45) is 1.86. The summed E-state index contributed by atoms with van der Waals surface area (Å²) in [4.78, 5) is 4.06. The van der Waals surface area contributed by atoms with Crippen LogP contribution in [0.2, 0.25) is 0 Å². The van der Waals surface area contributed by atoms with Crippen molar-refractivity contribution in [3.8, 4) is 0 Å². The normalized spacial score (nSPS) is 19.8. The second-order valence-electron chi connectivity index (χ2n) is 3.68. The summed E-state index contributed by atoms with van der Waals surface area (Å²) < 4.78 is 10.9. The lowest BCUT2D eigenvalue weighted by Gasteiger charge is -2.36. The van der Waals surface area contributed by atoms with E-state index in [-0.39, 0.29) is 29.6 Å². The predicted molar refractivity (Wildman–Crippen MR) is 75.6 cm³/mol. The van der Waals surface area contributed by atoms with Crippen LogP contribution in [0.3, 0.4) is 0 Å². The number of nitrogens with one attached hydrogen (secondary N) is 2. The van der Waals surface area contributed by atoms with Crippen LogP contribution in [0.4, 0.5) is 0 Å². The standard InChI is InChI=1S/C10H21N3O2.HI/c1-11-9(12-2)13-8-10(14-3)4-6-15-7-5-10;/h4-8H2,1-3H3,(H2,11,12,13);1H. The molecule has 0 unspecified atom stereocenters. The van der Waals surface area contributed by atoms with E-state index in [1.54, 1.807) is 14.2 Å². The van der Waals surface area contributed by atoms with Crippen LogP contribution in [-0.4, -0.2) is 52.5 Å². The van der Waals surface area contributed by atoms with Crippen molar-refractivity contribution >= 4 is 29.9 Å². The molecule has 1 heterocycles. The van der Waals surface area contributed by atoms with E-state index in [0.717, 1.165) is 38.6 Å². The Morgan fingerprint density at radius 3 is 2.50 bits per heavy atom. The molecule has 0 radical (unpaired) electrons. The molecule has 0 atom stereocenters. The van der Waals surface area contributed by atoms with Crippen molar-refractivity contribution in [3.05, 3.63) is 0 Å². The van der Waals surface area contributed by atoms with Gasteiger partial charge < -0.3 is 20.1 Å². The smallest absolute Gasteiger partial charge is 0.190 e. The molecule has 0 saturated carbocycles. The van der Waals surface area contributed by atoms with Crippen LogP contribution in [0.1, 0.15) is 12.8 Å². The number of halogens is 1. The zero-order chi connectivity index (χ0) is 11.1. The minimum absolute atomic E-state index is 0. The molecule has 0 aromatic carbocycles. The second kappa shape index (κ2) is 8.08. The van der Waals surface area contributed by atoms with E-state index in [4.69, 9.17) is 9.47 Å². The van der Waals surface area contributed by atoms with Crippen molar-refractivity contribution in [2.75, 3.05) is 41.0 Å². The third-order valence-corrected chi connectivity index (χ3v) is 2.88. The van der Waals surface area contributed by atoms with Crippen LogP contribution < -0.4 is 10.6 Å². The Bertz CT molecular complexity index is 218. The molecule has 0 aromatic heterocycles. The zero-order valence-corrected chi connectivity index (χ0v) is 12.5. The molecule has 1 rings (SSSR count). The molecule has 1 fully saturated rings. The Morgan fingerprint density at radius 1 is 1.44 bits per heavy atom. The van der Waals surface area contributed by atoms with Crippen LogP contribution in [0.15, 0.2) is 4.99 Å². The molecule has 96 valence electrons. The highest BCUT2D eigenvalue weighted by Gasteiger charge is 2.32. The van der Waals surface area contributed by atoms with Crippen LogP contribution in [0.25, 0.3) is 0 Å². The molecule has 0 spiro atoms. The van der Waals surface area contributed by atoms with Gasteiger partial charge in [0.2, 0.25) is 0 Å². The van der Waals surface area contributed by atoms with E-state index in [0.29, 0.717) is 0 Å². The molecule has 0 aromatic rings. The number of nitrogens with zero attached hydrogens (tertiary/aromatic N) is 1. The Balaban J connectivity index is 0.00000225. The number of ether oxygens (including phenoxy) is 2. The number of hydrogen-bond donors (Lipinski definition) is 2. The largest absolute Gasteiger partial charge is 0.381 e. The number of methoxy groups -OCH3 is 1. The van der Waals surface area contributed by atoms with Crippen molar-refractivity contribution in [1.82, 2.24) is 10.6 Å². The summed E-state index contributed by atoms with van der Waals surface area (Å²) in [7, 11) is 5.36. The molecule has 1 aliphatic heterocycles. The average Bonchev–Trinajstić information content (AvgIpc) is 2.31. The molecule has 0 bridgehead atoms. The van der Waals surface area contributed by atoms with Gasteiger partial charge in [-0.25, -0.2) is 0 Å². The Kier molecular flexibility index (Phi) is 8.04. The molecule has 0 amide bonds. The van der Waals surface area contributed by atoms with Gasteiger partial charge in [-0.1, -0.05) is 0 Å². The van der Waals surface area contributed by atoms with Gasteiger partial charge in [0.1, 0.15) is 0 Å². The maximum atomic E-state index is 5.59. The van der Waals surface area contributed by atoms with Crippen LogP contribution in [-0.2, 0) is 9.47 Å². The van der Waals surface area contributed by atoms with Gasteiger partial charge in [0.15, 0.2) is 5.96 Å². The number of hydrogen-bond acceptors (Lipinski definition) is 3. The first-order valence-corrected chi connectivity index (χ1v) is 5.27. The Morgan fingerprint density at radius 2 is 2.06 bits per heavy atom. The number of aliphatic imine (C=N–C) groups is 1. The fourth-order valence-electron chi connectivity index (χ4n) is 1.72. The van der Waals surface area contributed by atoms with Gasteiger partial charge in [-0.3, -0.25) is 4.99 Å². The minimum atomic E-state index is -0.106. The Labute approximate surface area is 114 Å². The van der Waals surface area contributed by atoms with Gasteiger partial charge in [0.25, 0.3) is 0 Å². The molecule has 0 aliphatic carbocycles. The van der Waals surface area contributed by atoms with Crippen molar-refractivity contribution < 1.29 is 9.47 Å². The van der Waals surface area contributed by atoms with Gasteiger partial charge in [0.05, 0.1) is 5.60 Å². The molecule has 6 heteroatoms. The summed E-state index contributed by atoms with van der Waals surface area (Å²) >= 11 is 0. The van der Waals surface area contributed by atoms with Crippen LogP contribution in [0, 0.1) is 0 Å². The minimum Gasteiger partial charge on any atom is -0.381 e. The average molecular weight is 343 g/mol. The second-order valence-corrected chi connectivity index (χ2v) is 3.68. The van der Waals surface area contributed by atoms with Gasteiger partial charge in [0, 0.05) is 53.8 Å². The highest BCUT2D eigenvalue weighted by molar-refractivity contribution is 14.0. The Hall–Kier alpha value is -0.0800. The molecule has 16 heavy (non-hydrogen) atoms. The van der Waals surface area contributed by atoms with Crippen molar-refractivity contribution in [2.45, 2.75) is 18.4 Å². The molecule has 2 N–H and O–H groups in total. The van der Waals surface area contributed by atoms with Crippen molar-refractivity contribution in [3.63, 3.8) is 0 Å². The SMILES string of the molecule is CN=C(NC)NCC1(OC)CCOCC1.I. The lowest BCUT2D eigenvalue weighted by atomic mass is 9.94. The number of guanidine groups is 1. The van der Waals surface area contributed by atoms with E-state index in [2.05, 4.69) is 15.6 Å². The lowest BCUT2D eigenvalue weighted by Crippen LogP contribution is -2.50. The summed E-state index contributed by atoms with van der Waals surface area (Å²) in [6, 6.07) is 0. The van der Waals surface area contributed by atoms with E-state index in [1.165, 1.54) is 0 Å². The molecule has 1 saturated heterocycles. The monoisotopic (exact) mass is 343 g/mol. The molecule has 1 aliphatic rings. The van der Waals surface area contributed by atoms with Gasteiger partial charge in [-0.05, 0) is 0 Å². The van der Waals surface area contributed by atoms with E-state index >= 15 is 0 Å². The zero-order valence-electron chi connectivity index (χ0n) is 10.2. The van der Waals surface area contributed by atoms with E-state index in [9.17, 15) is 0 Å². The summed E-state index contributed by atoms with van der Waals surface area (Å²) in [6.45, 7) is 2.31. The van der Waals surface area contributed by atoms with Crippen LogP contribution in [0.5, 0.6) is 0 Å². The summed E-state index contributed by atoms with van der Waals surface area (Å²) in [5.74, 6) is 0.790. The number of rotatable bonds is 3. The first-order valence-electron chi connectivity index (χ1n) is 5.27. The molecular weight excluding hydrogens is 321 g/mol. The lowest BCUT2D eigenvalue weighted by molar-refractivity contribution is -0.0855. The maximum absolute atomic E-state index is 5.59. The van der Waals surface area contributed by atoms with E-state index in [1.807, 2.05) is 7.05 Å². The van der Waals surface area contributed by atoms with Crippen LogP contribution >= 0.6 is 24.0 Å². The highest BCUT2D eigenvalue weighted by Crippen LogP contribution is 2.23. The highest BCUT2D eigenvalue weighted by atomic mass is 127. The predicted octanol–water partition coefficient (Wildman–Crippen LogP) is 0.595. The quantitative estimate of drug-likeness (QED) is 0.448. The summed E-state index contributed by atoms with van der Waals surface area (Å²) in [5.41, 5.74) is -0.106. The van der Waals surface area contributed by atoms with Gasteiger partial charge in [-0.15, -0.1) is 24.0 Å². The maximum Gasteiger partial charge on any atom is 0.190 e. The first-order chi connectivity index (χ1) is 7.26. The molecular formula is C10H22IN3O2. The third kappa shape index (κ3) is 4.42. The van der Waals surface area contributed by atoms with Crippen molar-refractivity contribution in [2.24, 2.45) is 4.99 Å². The van der Waals surface area contributed by atoms with Gasteiger partial charge in [-0.2, -0.15) is 0 Å². The topological polar surface area (TPSA) is 54.9 Å². The first kappa shape index (κ1) is 15.9. The molecule has 5 nitrogen and oxygen atoms in total. The van der Waals surface area contributed by atoms with E-state index < -0.39 is 0 Å².